The van der Waals surface area contributed by atoms with Crippen LogP contribution in [0.15, 0.2) is 42.5 Å². The molecule has 1 rings (SSSR count). The Balaban J connectivity index is 2.65. The number of allylic oxidation sites excluding steroid dienone is 1. The third kappa shape index (κ3) is 3.88. The van der Waals surface area contributed by atoms with Crippen molar-refractivity contribution in [1.29, 1.82) is 0 Å². The molecule has 1 N–H and O–H groups in total. The number of hydrogen-bond acceptors (Lipinski definition) is 1. The average Bonchev–Trinajstić information content (AvgIpc) is 2.26. The van der Waals surface area contributed by atoms with Gasteiger partial charge in [0, 0.05) is 5.92 Å². The molecule has 0 amide bonds. The molecule has 0 aromatic heterocycles. The fourth-order valence-corrected chi connectivity index (χ4v) is 1.46. The minimum absolute atomic E-state index is 0.162. The Hall–Kier alpha value is -1.08. The van der Waals surface area contributed by atoms with Crippen LogP contribution < -0.4 is 0 Å². The molecule has 0 radical (unpaired) electrons. The van der Waals surface area contributed by atoms with Crippen LogP contribution in [0.3, 0.4) is 0 Å². The second-order valence-corrected chi connectivity index (χ2v) is 4.34. The van der Waals surface area contributed by atoms with E-state index in [0.29, 0.717) is 5.92 Å². The fourth-order valence-electron chi connectivity index (χ4n) is 1.46. The Morgan fingerprint density at radius 3 is 2.13 bits per heavy atom. The van der Waals surface area contributed by atoms with Crippen LogP contribution >= 0.6 is 0 Å². The van der Waals surface area contributed by atoms with Gasteiger partial charge in [-0.05, 0) is 11.5 Å². The van der Waals surface area contributed by atoms with Crippen LogP contribution in [0.25, 0.3) is 0 Å². The summed E-state index contributed by atoms with van der Waals surface area (Å²) in [5.74, 6) is 0.699. The Morgan fingerprint density at radius 1 is 1.00 bits per heavy atom. The highest BCUT2D eigenvalue weighted by molar-refractivity contribution is 5.19. The molecule has 0 heterocycles. The molecular formula is C14H20O. The van der Waals surface area contributed by atoms with Gasteiger partial charge in [-0.25, -0.2) is 0 Å². The van der Waals surface area contributed by atoms with Crippen LogP contribution in [0, 0.1) is 11.8 Å². The maximum atomic E-state index is 10.1. The van der Waals surface area contributed by atoms with Gasteiger partial charge in [0.2, 0.25) is 0 Å². The zero-order valence-corrected chi connectivity index (χ0v) is 9.72. The number of aliphatic hydroxyl groups excluding tert-OH is 1. The summed E-state index contributed by atoms with van der Waals surface area (Å²) in [7, 11) is 0. The van der Waals surface area contributed by atoms with E-state index in [9.17, 15) is 5.11 Å². The molecule has 0 bridgehead atoms. The van der Waals surface area contributed by atoms with Gasteiger partial charge in [-0.15, -0.1) is 0 Å². The van der Waals surface area contributed by atoms with E-state index in [1.165, 1.54) is 0 Å². The first-order valence-corrected chi connectivity index (χ1v) is 5.52. The highest BCUT2D eigenvalue weighted by Gasteiger charge is 2.12. The molecule has 2 atom stereocenters. The zero-order chi connectivity index (χ0) is 11.3. The van der Waals surface area contributed by atoms with Crippen molar-refractivity contribution in [2.45, 2.75) is 26.9 Å². The molecule has 0 saturated heterocycles. The summed E-state index contributed by atoms with van der Waals surface area (Å²) in [6, 6.07) is 9.80. The Labute approximate surface area is 92.5 Å². The molecule has 1 heteroatoms. The van der Waals surface area contributed by atoms with Crippen LogP contribution in [0.4, 0.5) is 0 Å². The highest BCUT2D eigenvalue weighted by Crippen LogP contribution is 2.22. The van der Waals surface area contributed by atoms with E-state index in [0.717, 1.165) is 5.56 Å². The topological polar surface area (TPSA) is 20.2 Å². The van der Waals surface area contributed by atoms with Gasteiger partial charge in [0.1, 0.15) is 0 Å². The van der Waals surface area contributed by atoms with Crippen LogP contribution in [0.5, 0.6) is 0 Å². The van der Waals surface area contributed by atoms with Crippen molar-refractivity contribution >= 4 is 0 Å². The lowest BCUT2D eigenvalue weighted by Crippen LogP contribution is -2.06. The summed E-state index contributed by atoms with van der Waals surface area (Å²) in [6.45, 7) is 6.31. The monoisotopic (exact) mass is 204 g/mol. The standard InChI is InChI=1S/C14H20O/c1-11(2)9-10-12(3)14(15)13-7-5-4-6-8-13/h4-12,14-15H,1-3H3/b10-9-/t12-,14-/m1/s1. The molecule has 0 saturated carbocycles. The first-order valence-electron chi connectivity index (χ1n) is 5.52. The minimum atomic E-state index is -0.402. The molecule has 0 aliphatic carbocycles. The van der Waals surface area contributed by atoms with Crippen LogP contribution in [0.1, 0.15) is 32.4 Å². The van der Waals surface area contributed by atoms with Crippen molar-refractivity contribution in [3.63, 3.8) is 0 Å². The maximum absolute atomic E-state index is 10.1. The van der Waals surface area contributed by atoms with E-state index in [-0.39, 0.29) is 5.92 Å². The van der Waals surface area contributed by atoms with Crippen molar-refractivity contribution in [2.75, 3.05) is 0 Å². The molecule has 0 unspecified atom stereocenters. The lowest BCUT2D eigenvalue weighted by atomic mass is 9.96. The molecule has 1 nitrogen and oxygen atoms in total. The largest absolute Gasteiger partial charge is 0.388 e. The Morgan fingerprint density at radius 2 is 1.60 bits per heavy atom. The zero-order valence-electron chi connectivity index (χ0n) is 9.72. The van der Waals surface area contributed by atoms with Crippen molar-refractivity contribution < 1.29 is 5.11 Å². The van der Waals surface area contributed by atoms with Gasteiger partial charge in [0.05, 0.1) is 6.10 Å². The first-order chi connectivity index (χ1) is 7.11. The quantitative estimate of drug-likeness (QED) is 0.743. The summed E-state index contributed by atoms with van der Waals surface area (Å²) in [4.78, 5) is 0. The van der Waals surface area contributed by atoms with Gasteiger partial charge < -0.3 is 5.11 Å². The molecule has 0 spiro atoms. The van der Waals surface area contributed by atoms with E-state index < -0.39 is 6.10 Å². The summed E-state index contributed by atoms with van der Waals surface area (Å²) in [5.41, 5.74) is 0.985. The third-order valence-electron chi connectivity index (χ3n) is 2.44. The highest BCUT2D eigenvalue weighted by atomic mass is 16.3. The van der Waals surface area contributed by atoms with Gasteiger partial charge in [-0.2, -0.15) is 0 Å². The van der Waals surface area contributed by atoms with Crippen molar-refractivity contribution in [1.82, 2.24) is 0 Å². The number of benzene rings is 1. The normalized spacial score (nSPS) is 15.8. The van der Waals surface area contributed by atoms with E-state index in [1.807, 2.05) is 37.3 Å². The predicted molar refractivity (Wildman–Crippen MR) is 64.5 cm³/mol. The summed E-state index contributed by atoms with van der Waals surface area (Å²) < 4.78 is 0. The predicted octanol–water partition coefficient (Wildman–Crippen LogP) is 3.57. The summed E-state index contributed by atoms with van der Waals surface area (Å²) in [6.07, 6.45) is 3.82. The minimum Gasteiger partial charge on any atom is -0.388 e. The molecule has 1 aromatic rings. The van der Waals surface area contributed by atoms with E-state index in [2.05, 4.69) is 26.0 Å². The summed E-state index contributed by atoms with van der Waals surface area (Å²) in [5, 5.41) is 10.1. The fraction of sp³-hybridized carbons (Fsp3) is 0.429. The molecule has 0 aliphatic heterocycles. The number of rotatable bonds is 4. The molecule has 1 aromatic carbocycles. The van der Waals surface area contributed by atoms with Crippen LogP contribution in [-0.2, 0) is 0 Å². The Bertz CT molecular complexity index is 300. The second-order valence-electron chi connectivity index (χ2n) is 4.34. The molecule has 82 valence electrons. The van der Waals surface area contributed by atoms with Gasteiger partial charge >= 0.3 is 0 Å². The smallest absolute Gasteiger partial charge is 0.0849 e. The molecule has 15 heavy (non-hydrogen) atoms. The van der Waals surface area contributed by atoms with E-state index in [4.69, 9.17) is 0 Å². The van der Waals surface area contributed by atoms with E-state index >= 15 is 0 Å². The Kier molecular flexibility index (Phi) is 4.57. The van der Waals surface area contributed by atoms with E-state index in [1.54, 1.807) is 0 Å². The number of hydrogen-bond donors (Lipinski definition) is 1. The average molecular weight is 204 g/mol. The van der Waals surface area contributed by atoms with Crippen molar-refractivity contribution in [2.24, 2.45) is 11.8 Å². The van der Waals surface area contributed by atoms with Crippen LogP contribution in [-0.4, -0.2) is 5.11 Å². The number of aliphatic hydroxyl groups is 1. The van der Waals surface area contributed by atoms with Crippen LogP contribution in [0.2, 0.25) is 0 Å². The van der Waals surface area contributed by atoms with Crippen molar-refractivity contribution in [3.05, 3.63) is 48.0 Å². The van der Waals surface area contributed by atoms with Gasteiger partial charge in [-0.1, -0.05) is 63.3 Å². The van der Waals surface area contributed by atoms with Gasteiger partial charge in [0.15, 0.2) is 0 Å². The molecule has 0 aliphatic rings. The van der Waals surface area contributed by atoms with Crippen molar-refractivity contribution in [3.8, 4) is 0 Å². The summed E-state index contributed by atoms with van der Waals surface area (Å²) >= 11 is 0. The van der Waals surface area contributed by atoms with Gasteiger partial charge in [0.25, 0.3) is 0 Å². The third-order valence-corrected chi connectivity index (χ3v) is 2.44. The van der Waals surface area contributed by atoms with Gasteiger partial charge in [-0.3, -0.25) is 0 Å². The lowest BCUT2D eigenvalue weighted by molar-refractivity contribution is 0.139. The maximum Gasteiger partial charge on any atom is 0.0849 e. The first kappa shape index (κ1) is 12.0. The lowest BCUT2D eigenvalue weighted by Gasteiger charge is -2.16. The molecule has 0 fully saturated rings. The second kappa shape index (κ2) is 5.72. The SMILES string of the molecule is CC(C)/C=C\[C@@H](C)[C@@H](O)c1ccccc1. The molecular weight excluding hydrogens is 184 g/mol.